The fourth-order valence-electron chi connectivity index (χ4n) is 2.95. The van der Waals surface area contributed by atoms with Crippen LogP contribution in [0.1, 0.15) is 25.3 Å². The lowest BCUT2D eigenvalue weighted by Gasteiger charge is -2.39. The first kappa shape index (κ1) is 16.3. The Kier molecular flexibility index (Phi) is 5.51. The van der Waals surface area contributed by atoms with Crippen LogP contribution in [0.2, 0.25) is 0 Å². The first-order valence-corrected chi connectivity index (χ1v) is 8.48. The fraction of sp³-hybridized carbons (Fsp3) is 0.611. The lowest BCUT2D eigenvalue weighted by Crippen LogP contribution is -2.57. The number of hydrogen-bond donors (Lipinski definition) is 0. The Bertz CT molecular complexity index is 522. The van der Waals surface area contributed by atoms with E-state index in [2.05, 4.69) is 13.0 Å². The maximum absolute atomic E-state index is 12.0. The van der Waals surface area contributed by atoms with E-state index < -0.39 is 0 Å². The largest absolute Gasteiger partial charge is 0.486 e. The normalized spacial score (nSPS) is 21.3. The summed E-state index contributed by atoms with van der Waals surface area (Å²) >= 11 is 0. The molecular weight excluding hydrogens is 294 g/mol. The fourth-order valence-corrected chi connectivity index (χ4v) is 2.95. The van der Waals surface area contributed by atoms with Gasteiger partial charge in [0.15, 0.2) is 0 Å². The Balaban J connectivity index is 1.36. The van der Waals surface area contributed by atoms with Gasteiger partial charge in [-0.3, -0.25) is 4.79 Å². The van der Waals surface area contributed by atoms with E-state index in [0.717, 1.165) is 31.6 Å². The number of nitrogens with zero attached hydrogens (tertiary/aromatic N) is 1. The molecule has 3 rings (SSSR count). The number of aryl methyl sites for hydroxylation is 1. The third kappa shape index (κ3) is 4.24. The summed E-state index contributed by atoms with van der Waals surface area (Å²) in [6.45, 7) is 4.86. The van der Waals surface area contributed by atoms with Crippen LogP contribution in [0.5, 0.6) is 5.75 Å². The lowest BCUT2D eigenvalue weighted by atomic mass is 10.1. The van der Waals surface area contributed by atoms with Crippen LogP contribution in [0.25, 0.3) is 0 Å². The number of rotatable bonds is 7. The van der Waals surface area contributed by atoms with Gasteiger partial charge in [0.2, 0.25) is 5.91 Å². The molecular formula is C18H25NO4. The molecule has 2 aliphatic rings. The molecule has 0 aliphatic carbocycles. The number of amides is 1. The summed E-state index contributed by atoms with van der Waals surface area (Å²) in [5.74, 6) is 0.966. The molecule has 1 atom stereocenters. The maximum atomic E-state index is 12.0. The average Bonchev–Trinajstić information content (AvgIpc) is 3.04. The van der Waals surface area contributed by atoms with E-state index in [1.54, 1.807) is 4.90 Å². The van der Waals surface area contributed by atoms with Gasteiger partial charge in [0.25, 0.3) is 0 Å². The van der Waals surface area contributed by atoms with Crippen molar-refractivity contribution in [2.24, 2.45) is 0 Å². The molecule has 2 heterocycles. The summed E-state index contributed by atoms with van der Waals surface area (Å²) in [7, 11) is 0. The molecule has 0 radical (unpaired) electrons. The summed E-state index contributed by atoms with van der Waals surface area (Å²) < 4.78 is 16.9. The number of likely N-dealkylation sites (tertiary alicyclic amines) is 1. The predicted octanol–water partition coefficient (Wildman–Crippen LogP) is 2.03. The van der Waals surface area contributed by atoms with Gasteiger partial charge in [0.05, 0.1) is 25.8 Å². The first-order valence-electron chi connectivity index (χ1n) is 8.48. The number of ether oxygens (including phenoxy) is 3. The average molecular weight is 319 g/mol. The molecule has 5 heteroatoms. The number of carbonyl (C=O) groups excluding carboxylic acids is 1. The van der Waals surface area contributed by atoms with Crippen LogP contribution in [-0.2, 0) is 20.7 Å². The van der Waals surface area contributed by atoms with Crippen molar-refractivity contribution in [2.75, 3.05) is 32.9 Å². The first-order chi connectivity index (χ1) is 11.3. The minimum Gasteiger partial charge on any atom is -0.486 e. The second-order valence-corrected chi connectivity index (χ2v) is 6.15. The molecule has 1 aromatic carbocycles. The van der Waals surface area contributed by atoms with E-state index in [1.807, 2.05) is 18.2 Å². The predicted molar refractivity (Wildman–Crippen MR) is 86.6 cm³/mol. The number of para-hydroxylation sites is 1. The molecule has 1 unspecified atom stereocenters. The van der Waals surface area contributed by atoms with Gasteiger partial charge in [-0.25, -0.2) is 0 Å². The molecule has 2 saturated heterocycles. The van der Waals surface area contributed by atoms with Gasteiger partial charge in [-0.05, 0) is 30.9 Å². The van der Waals surface area contributed by atoms with Gasteiger partial charge in [-0.1, -0.05) is 25.1 Å². The Morgan fingerprint density at radius 1 is 1.35 bits per heavy atom. The zero-order valence-electron chi connectivity index (χ0n) is 13.7. The molecule has 1 aromatic rings. The summed E-state index contributed by atoms with van der Waals surface area (Å²) in [6, 6.07) is 8.08. The second kappa shape index (κ2) is 7.79. The standard InChI is InChI=1S/C18H25NO4/c1-2-14-6-3-4-8-17(14)23-16-10-19(11-16)18(20)13-21-12-15-7-5-9-22-15/h3-4,6,8,15-16H,2,5,7,9-13H2,1H3. The highest BCUT2D eigenvalue weighted by Gasteiger charge is 2.32. The highest BCUT2D eigenvalue weighted by molar-refractivity contribution is 5.78. The van der Waals surface area contributed by atoms with Gasteiger partial charge < -0.3 is 19.1 Å². The van der Waals surface area contributed by atoms with Gasteiger partial charge in [-0.15, -0.1) is 0 Å². The molecule has 0 saturated carbocycles. The number of benzene rings is 1. The van der Waals surface area contributed by atoms with Crippen LogP contribution < -0.4 is 4.74 Å². The van der Waals surface area contributed by atoms with Gasteiger partial charge in [0, 0.05) is 6.61 Å². The Morgan fingerprint density at radius 2 is 2.17 bits per heavy atom. The van der Waals surface area contributed by atoms with Crippen molar-refractivity contribution in [2.45, 2.75) is 38.4 Å². The van der Waals surface area contributed by atoms with E-state index in [4.69, 9.17) is 14.2 Å². The highest BCUT2D eigenvalue weighted by atomic mass is 16.5. The maximum Gasteiger partial charge on any atom is 0.248 e. The zero-order valence-corrected chi connectivity index (χ0v) is 13.7. The number of hydrogen-bond acceptors (Lipinski definition) is 4. The van der Waals surface area contributed by atoms with Crippen molar-refractivity contribution in [1.82, 2.24) is 4.90 Å². The highest BCUT2D eigenvalue weighted by Crippen LogP contribution is 2.23. The summed E-state index contributed by atoms with van der Waals surface area (Å²) in [6.07, 6.45) is 3.32. The smallest absolute Gasteiger partial charge is 0.248 e. The molecule has 2 aliphatic heterocycles. The molecule has 0 aromatic heterocycles. The van der Waals surface area contributed by atoms with Crippen molar-refractivity contribution in [3.8, 4) is 5.75 Å². The van der Waals surface area contributed by atoms with E-state index >= 15 is 0 Å². The molecule has 5 nitrogen and oxygen atoms in total. The SMILES string of the molecule is CCc1ccccc1OC1CN(C(=O)COCC2CCCO2)C1. The third-order valence-corrected chi connectivity index (χ3v) is 4.40. The minimum absolute atomic E-state index is 0.0339. The molecule has 2 fully saturated rings. The van der Waals surface area contributed by atoms with Gasteiger partial charge in [-0.2, -0.15) is 0 Å². The van der Waals surface area contributed by atoms with E-state index in [0.29, 0.717) is 19.7 Å². The van der Waals surface area contributed by atoms with Crippen LogP contribution >= 0.6 is 0 Å². The summed E-state index contributed by atoms with van der Waals surface area (Å²) in [5.41, 5.74) is 1.21. The van der Waals surface area contributed by atoms with Crippen LogP contribution in [0.15, 0.2) is 24.3 Å². The Morgan fingerprint density at radius 3 is 2.91 bits per heavy atom. The summed E-state index contributed by atoms with van der Waals surface area (Å²) in [5, 5.41) is 0. The summed E-state index contributed by atoms with van der Waals surface area (Å²) in [4.78, 5) is 13.8. The van der Waals surface area contributed by atoms with Crippen LogP contribution in [-0.4, -0.2) is 55.9 Å². The van der Waals surface area contributed by atoms with Crippen molar-refractivity contribution in [3.05, 3.63) is 29.8 Å². The van der Waals surface area contributed by atoms with E-state index in [-0.39, 0.29) is 24.7 Å². The van der Waals surface area contributed by atoms with Crippen LogP contribution in [0, 0.1) is 0 Å². The quantitative estimate of drug-likeness (QED) is 0.771. The van der Waals surface area contributed by atoms with Gasteiger partial charge in [0.1, 0.15) is 18.5 Å². The third-order valence-electron chi connectivity index (χ3n) is 4.40. The molecule has 126 valence electrons. The molecule has 0 spiro atoms. The Hall–Kier alpha value is -1.59. The van der Waals surface area contributed by atoms with Gasteiger partial charge >= 0.3 is 0 Å². The molecule has 1 amide bonds. The minimum atomic E-state index is 0.0339. The monoisotopic (exact) mass is 319 g/mol. The molecule has 23 heavy (non-hydrogen) atoms. The Labute approximate surface area is 137 Å². The lowest BCUT2D eigenvalue weighted by molar-refractivity contribution is -0.146. The number of carbonyl (C=O) groups is 1. The topological polar surface area (TPSA) is 48.0 Å². The van der Waals surface area contributed by atoms with Crippen molar-refractivity contribution >= 4 is 5.91 Å². The van der Waals surface area contributed by atoms with Crippen LogP contribution in [0.3, 0.4) is 0 Å². The van der Waals surface area contributed by atoms with E-state index in [1.165, 1.54) is 5.56 Å². The van der Waals surface area contributed by atoms with E-state index in [9.17, 15) is 4.79 Å². The second-order valence-electron chi connectivity index (χ2n) is 6.15. The van der Waals surface area contributed by atoms with Crippen molar-refractivity contribution < 1.29 is 19.0 Å². The molecule has 0 bridgehead atoms. The van der Waals surface area contributed by atoms with Crippen molar-refractivity contribution in [1.29, 1.82) is 0 Å². The van der Waals surface area contributed by atoms with Crippen molar-refractivity contribution in [3.63, 3.8) is 0 Å². The molecule has 0 N–H and O–H groups in total. The zero-order chi connectivity index (χ0) is 16.1. The van der Waals surface area contributed by atoms with Crippen LogP contribution in [0.4, 0.5) is 0 Å².